The molecule has 114 valence electrons. The van der Waals surface area contributed by atoms with Crippen LogP contribution in [0.25, 0.3) is 0 Å². The lowest BCUT2D eigenvalue weighted by molar-refractivity contribution is 0.557. The number of nitrogens with zero attached hydrogens (tertiary/aromatic N) is 2. The van der Waals surface area contributed by atoms with Crippen molar-refractivity contribution in [1.82, 2.24) is 15.1 Å². The molecule has 0 saturated heterocycles. The van der Waals surface area contributed by atoms with E-state index in [0.717, 1.165) is 27.8 Å². The lowest BCUT2D eigenvalue weighted by Crippen LogP contribution is -2.20. The average molecular weight is 375 g/mol. The molecule has 1 atom stereocenters. The van der Waals surface area contributed by atoms with E-state index in [-0.39, 0.29) is 11.9 Å². The fourth-order valence-corrected chi connectivity index (χ4v) is 3.46. The summed E-state index contributed by atoms with van der Waals surface area (Å²) >= 11 is 9.79. The first-order chi connectivity index (χ1) is 9.97. The summed E-state index contributed by atoms with van der Waals surface area (Å²) < 4.78 is 16.1. The van der Waals surface area contributed by atoms with Gasteiger partial charge in [0.2, 0.25) is 0 Å². The summed E-state index contributed by atoms with van der Waals surface area (Å²) in [5.41, 5.74) is 3.01. The third-order valence-electron chi connectivity index (χ3n) is 3.59. The molecule has 0 amide bonds. The van der Waals surface area contributed by atoms with Crippen LogP contribution in [-0.4, -0.2) is 16.8 Å². The highest BCUT2D eigenvalue weighted by atomic mass is 79.9. The summed E-state index contributed by atoms with van der Waals surface area (Å²) in [5.74, 6) is -0.325. The summed E-state index contributed by atoms with van der Waals surface area (Å²) in [6.07, 6.45) is 1.59. The molecule has 3 nitrogen and oxygen atoms in total. The Morgan fingerprint density at radius 2 is 2.19 bits per heavy atom. The van der Waals surface area contributed by atoms with Crippen molar-refractivity contribution < 1.29 is 4.39 Å². The molecule has 21 heavy (non-hydrogen) atoms. The van der Waals surface area contributed by atoms with Gasteiger partial charge >= 0.3 is 0 Å². The Hall–Kier alpha value is -0.910. The molecule has 0 radical (unpaired) electrons. The molecule has 1 aromatic carbocycles. The van der Waals surface area contributed by atoms with Crippen molar-refractivity contribution in [1.29, 1.82) is 0 Å². The van der Waals surface area contributed by atoms with Gasteiger partial charge in [0, 0.05) is 24.5 Å². The number of benzene rings is 1. The third kappa shape index (κ3) is 3.47. The molecular formula is C15H18BrClFN3. The topological polar surface area (TPSA) is 29.9 Å². The van der Waals surface area contributed by atoms with Crippen LogP contribution in [0.2, 0.25) is 5.02 Å². The number of aryl methyl sites for hydroxylation is 2. The molecule has 0 spiro atoms. The van der Waals surface area contributed by atoms with Gasteiger partial charge in [-0.25, -0.2) is 4.39 Å². The zero-order valence-electron chi connectivity index (χ0n) is 12.3. The predicted octanol–water partition coefficient (Wildman–Crippen LogP) is 4.04. The van der Waals surface area contributed by atoms with Crippen molar-refractivity contribution in [3.8, 4) is 0 Å². The molecule has 0 saturated carbocycles. The Morgan fingerprint density at radius 1 is 1.48 bits per heavy atom. The van der Waals surface area contributed by atoms with Crippen LogP contribution < -0.4 is 5.32 Å². The van der Waals surface area contributed by atoms with Crippen LogP contribution in [0.4, 0.5) is 4.39 Å². The first-order valence-electron chi connectivity index (χ1n) is 6.80. The second-order valence-corrected chi connectivity index (χ2v) is 6.10. The van der Waals surface area contributed by atoms with E-state index >= 15 is 0 Å². The number of aromatic nitrogens is 2. The van der Waals surface area contributed by atoms with E-state index in [9.17, 15) is 4.39 Å². The van der Waals surface area contributed by atoms with Crippen molar-refractivity contribution in [2.75, 3.05) is 7.05 Å². The predicted molar refractivity (Wildman–Crippen MR) is 87.2 cm³/mol. The number of hydrogen-bond acceptors (Lipinski definition) is 2. The van der Waals surface area contributed by atoms with Crippen LogP contribution in [0.3, 0.4) is 0 Å². The van der Waals surface area contributed by atoms with Crippen molar-refractivity contribution >= 4 is 27.5 Å². The SMILES string of the molecule is CCc1nn(C)c(CC(NC)c2ccc(F)cc2Cl)c1Br. The summed E-state index contributed by atoms with van der Waals surface area (Å²) in [7, 11) is 3.80. The molecule has 0 aliphatic carbocycles. The highest BCUT2D eigenvalue weighted by molar-refractivity contribution is 9.10. The normalized spacial score (nSPS) is 12.7. The minimum Gasteiger partial charge on any atom is -0.313 e. The lowest BCUT2D eigenvalue weighted by Gasteiger charge is -2.18. The fraction of sp³-hybridized carbons (Fsp3) is 0.400. The largest absolute Gasteiger partial charge is 0.313 e. The minimum atomic E-state index is -0.325. The molecule has 0 fully saturated rings. The summed E-state index contributed by atoms with van der Waals surface area (Å²) in [6, 6.07) is 4.50. The van der Waals surface area contributed by atoms with Gasteiger partial charge in [0.1, 0.15) is 5.82 Å². The standard InChI is InChI=1S/C15H18BrClFN3/c1-4-12-15(16)14(21(3)20-12)8-13(19-2)10-6-5-9(18)7-11(10)17/h5-7,13,19H,4,8H2,1-3H3. The molecule has 1 aromatic heterocycles. The molecular weight excluding hydrogens is 357 g/mol. The van der Waals surface area contributed by atoms with E-state index in [4.69, 9.17) is 11.6 Å². The maximum atomic E-state index is 13.2. The molecule has 0 bridgehead atoms. The van der Waals surface area contributed by atoms with E-state index < -0.39 is 0 Å². The van der Waals surface area contributed by atoms with Crippen LogP contribution in [0.1, 0.15) is 29.9 Å². The van der Waals surface area contributed by atoms with E-state index in [1.165, 1.54) is 12.1 Å². The smallest absolute Gasteiger partial charge is 0.124 e. The van der Waals surface area contributed by atoms with Crippen molar-refractivity contribution in [2.24, 2.45) is 7.05 Å². The highest BCUT2D eigenvalue weighted by Gasteiger charge is 2.20. The number of rotatable bonds is 5. The van der Waals surface area contributed by atoms with Crippen LogP contribution in [0.15, 0.2) is 22.7 Å². The Morgan fingerprint density at radius 3 is 2.71 bits per heavy atom. The van der Waals surface area contributed by atoms with Crippen LogP contribution >= 0.6 is 27.5 Å². The number of halogens is 3. The van der Waals surface area contributed by atoms with Gasteiger partial charge in [-0.15, -0.1) is 0 Å². The molecule has 0 aliphatic heterocycles. The zero-order chi connectivity index (χ0) is 15.6. The van der Waals surface area contributed by atoms with Gasteiger partial charge in [-0.05, 0) is 47.1 Å². The lowest BCUT2D eigenvalue weighted by atomic mass is 10.0. The Bertz CT molecular complexity index is 642. The van der Waals surface area contributed by atoms with Crippen molar-refractivity contribution in [3.63, 3.8) is 0 Å². The molecule has 2 rings (SSSR count). The first kappa shape index (κ1) is 16.5. The number of hydrogen-bond donors (Lipinski definition) is 1. The van der Waals surface area contributed by atoms with Crippen LogP contribution in [0.5, 0.6) is 0 Å². The molecule has 1 heterocycles. The molecule has 1 unspecified atom stereocenters. The van der Waals surface area contributed by atoms with Gasteiger partial charge in [-0.2, -0.15) is 5.10 Å². The summed E-state index contributed by atoms with van der Waals surface area (Å²) in [5, 5.41) is 8.17. The zero-order valence-corrected chi connectivity index (χ0v) is 14.6. The minimum absolute atomic E-state index is 0.00509. The van der Waals surface area contributed by atoms with E-state index in [1.807, 2.05) is 18.8 Å². The van der Waals surface area contributed by atoms with Gasteiger partial charge in [0.25, 0.3) is 0 Å². The van der Waals surface area contributed by atoms with Gasteiger partial charge < -0.3 is 5.32 Å². The summed E-state index contributed by atoms with van der Waals surface area (Å²) in [4.78, 5) is 0. The Labute approximate surface area is 137 Å². The number of likely N-dealkylation sites (N-methyl/N-ethyl adjacent to an activating group) is 1. The molecule has 0 aliphatic rings. The fourth-order valence-electron chi connectivity index (χ4n) is 2.39. The van der Waals surface area contributed by atoms with Crippen LogP contribution in [-0.2, 0) is 19.9 Å². The second kappa shape index (κ2) is 6.90. The first-order valence-corrected chi connectivity index (χ1v) is 7.97. The van der Waals surface area contributed by atoms with E-state index in [2.05, 4.69) is 33.3 Å². The van der Waals surface area contributed by atoms with E-state index in [0.29, 0.717) is 11.4 Å². The monoisotopic (exact) mass is 373 g/mol. The van der Waals surface area contributed by atoms with Crippen LogP contribution in [0, 0.1) is 5.82 Å². The highest BCUT2D eigenvalue weighted by Crippen LogP contribution is 2.30. The quantitative estimate of drug-likeness (QED) is 0.856. The Balaban J connectivity index is 2.33. The number of nitrogens with one attached hydrogen (secondary N) is 1. The Kier molecular flexibility index (Phi) is 5.41. The average Bonchev–Trinajstić information content (AvgIpc) is 2.72. The summed E-state index contributed by atoms with van der Waals surface area (Å²) in [6.45, 7) is 2.07. The molecule has 1 N–H and O–H groups in total. The maximum absolute atomic E-state index is 13.2. The van der Waals surface area contributed by atoms with E-state index in [1.54, 1.807) is 6.07 Å². The van der Waals surface area contributed by atoms with Crippen molar-refractivity contribution in [3.05, 3.63) is 50.5 Å². The van der Waals surface area contributed by atoms with Gasteiger partial charge in [0.15, 0.2) is 0 Å². The second-order valence-electron chi connectivity index (χ2n) is 4.90. The third-order valence-corrected chi connectivity index (χ3v) is 4.83. The van der Waals surface area contributed by atoms with Gasteiger partial charge in [0.05, 0.1) is 15.9 Å². The molecule has 6 heteroatoms. The maximum Gasteiger partial charge on any atom is 0.124 e. The van der Waals surface area contributed by atoms with Gasteiger partial charge in [-0.3, -0.25) is 4.68 Å². The van der Waals surface area contributed by atoms with Crippen molar-refractivity contribution in [2.45, 2.75) is 25.8 Å². The van der Waals surface area contributed by atoms with Gasteiger partial charge in [-0.1, -0.05) is 24.6 Å². The molecule has 2 aromatic rings.